The van der Waals surface area contributed by atoms with E-state index < -0.39 is 5.97 Å². The molecule has 0 fully saturated rings. The summed E-state index contributed by atoms with van der Waals surface area (Å²) in [5, 5.41) is 13.1. The van der Waals surface area contributed by atoms with Gasteiger partial charge >= 0.3 is 5.97 Å². The zero-order chi connectivity index (χ0) is 16.8. The zero-order valence-corrected chi connectivity index (χ0v) is 14.0. The van der Waals surface area contributed by atoms with E-state index in [2.05, 4.69) is 5.32 Å². The van der Waals surface area contributed by atoms with Gasteiger partial charge in [-0.15, -0.1) is 0 Å². The van der Waals surface area contributed by atoms with Crippen molar-refractivity contribution in [3.05, 3.63) is 58.1 Å². The van der Waals surface area contributed by atoms with E-state index in [0.29, 0.717) is 24.4 Å². The van der Waals surface area contributed by atoms with Crippen LogP contribution in [0.2, 0.25) is 5.02 Å². The zero-order valence-electron chi connectivity index (χ0n) is 13.2. The summed E-state index contributed by atoms with van der Waals surface area (Å²) in [5.74, 6) is -0.141. The first-order chi connectivity index (χ1) is 11.0. The molecule has 0 spiro atoms. The maximum Gasteiger partial charge on any atom is 0.337 e. The van der Waals surface area contributed by atoms with E-state index in [9.17, 15) is 9.90 Å². The third-order valence-corrected chi connectivity index (χ3v) is 3.95. The molecule has 0 heterocycles. The summed E-state index contributed by atoms with van der Waals surface area (Å²) in [5.41, 5.74) is 2.86. The smallest absolute Gasteiger partial charge is 0.337 e. The van der Waals surface area contributed by atoms with Gasteiger partial charge in [-0.2, -0.15) is 0 Å². The highest BCUT2D eigenvalue weighted by Crippen LogP contribution is 2.22. The molecular weight excluding hydrogens is 314 g/mol. The fourth-order valence-electron chi connectivity index (χ4n) is 2.26. The Bertz CT molecular complexity index is 701. The number of hydrogen-bond acceptors (Lipinski definition) is 3. The molecule has 2 rings (SSSR count). The van der Waals surface area contributed by atoms with Crippen LogP contribution in [0.3, 0.4) is 0 Å². The number of nitrogens with one attached hydrogen (secondary N) is 1. The van der Waals surface area contributed by atoms with E-state index in [4.69, 9.17) is 16.3 Å². The predicted octanol–water partition coefficient (Wildman–Crippen LogP) is 4.54. The van der Waals surface area contributed by atoms with Gasteiger partial charge in [0.15, 0.2) is 0 Å². The van der Waals surface area contributed by atoms with Gasteiger partial charge in [0.2, 0.25) is 0 Å². The normalized spacial score (nSPS) is 10.4. The Balaban J connectivity index is 1.84. The van der Waals surface area contributed by atoms with Crippen LogP contribution < -0.4 is 10.1 Å². The van der Waals surface area contributed by atoms with Gasteiger partial charge in [-0.3, -0.25) is 0 Å². The summed E-state index contributed by atoms with van der Waals surface area (Å²) in [6.45, 7) is 5.00. The quantitative estimate of drug-likeness (QED) is 0.730. The molecule has 5 heteroatoms. The Labute approximate surface area is 141 Å². The van der Waals surface area contributed by atoms with E-state index in [1.54, 1.807) is 12.1 Å². The Hall–Kier alpha value is -2.20. The molecule has 0 aliphatic carbocycles. The predicted molar refractivity (Wildman–Crippen MR) is 92.9 cm³/mol. The van der Waals surface area contributed by atoms with Crippen molar-refractivity contribution in [1.29, 1.82) is 0 Å². The number of anilines is 1. The lowest BCUT2D eigenvalue weighted by atomic mass is 10.1. The number of benzene rings is 2. The molecule has 0 bridgehead atoms. The molecule has 0 amide bonds. The third-order valence-electron chi connectivity index (χ3n) is 3.52. The second-order valence-corrected chi connectivity index (χ2v) is 5.75. The summed E-state index contributed by atoms with van der Waals surface area (Å²) >= 11 is 5.97. The summed E-state index contributed by atoms with van der Waals surface area (Å²) in [4.78, 5) is 11.2. The van der Waals surface area contributed by atoms with E-state index in [1.165, 1.54) is 0 Å². The standard InChI is InChI=1S/C18H20ClNO3/c1-12-5-3-6-15(18(21)22)17(12)20-9-4-10-23-14-7-8-16(19)13(2)11-14/h3,5-8,11,20H,4,9-10H2,1-2H3,(H,21,22). The molecule has 0 atom stereocenters. The summed E-state index contributed by atoms with van der Waals surface area (Å²) < 4.78 is 5.67. The summed E-state index contributed by atoms with van der Waals surface area (Å²) in [7, 11) is 0. The number of ether oxygens (including phenoxy) is 1. The minimum Gasteiger partial charge on any atom is -0.494 e. The van der Waals surface area contributed by atoms with Crippen LogP contribution in [-0.4, -0.2) is 24.2 Å². The van der Waals surface area contributed by atoms with Crippen molar-refractivity contribution in [2.45, 2.75) is 20.3 Å². The number of aryl methyl sites for hydroxylation is 2. The Kier molecular flexibility index (Phi) is 5.88. The van der Waals surface area contributed by atoms with Crippen molar-refractivity contribution in [1.82, 2.24) is 0 Å². The van der Waals surface area contributed by atoms with Crippen LogP contribution in [0, 0.1) is 13.8 Å². The molecule has 0 saturated heterocycles. The van der Waals surface area contributed by atoms with Gasteiger partial charge in [0, 0.05) is 11.6 Å². The summed E-state index contributed by atoms with van der Waals surface area (Å²) in [6, 6.07) is 10.8. The number of para-hydroxylation sites is 1. The van der Waals surface area contributed by atoms with Crippen LogP contribution in [-0.2, 0) is 0 Å². The van der Waals surface area contributed by atoms with E-state index in [0.717, 1.165) is 28.3 Å². The number of halogens is 1. The highest BCUT2D eigenvalue weighted by atomic mass is 35.5. The van der Waals surface area contributed by atoms with Crippen LogP contribution in [0.1, 0.15) is 27.9 Å². The number of rotatable bonds is 7. The van der Waals surface area contributed by atoms with Crippen LogP contribution >= 0.6 is 11.6 Å². The second-order valence-electron chi connectivity index (χ2n) is 5.34. The fraction of sp³-hybridized carbons (Fsp3) is 0.278. The fourth-order valence-corrected chi connectivity index (χ4v) is 2.38. The number of carbonyl (C=O) groups is 1. The van der Waals surface area contributed by atoms with Crippen molar-refractivity contribution in [3.8, 4) is 5.75 Å². The van der Waals surface area contributed by atoms with E-state index in [-0.39, 0.29) is 0 Å². The van der Waals surface area contributed by atoms with Crippen molar-refractivity contribution >= 4 is 23.3 Å². The minimum absolute atomic E-state index is 0.291. The highest BCUT2D eigenvalue weighted by molar-refractivity contribution is 6.31. The highest BCUT2D eigenvalue weighted by Gasteiger charge is 2.11. The first-order valence-corrected chi connectivity index (χ1v) is 7.82. The molecule has 2 aromatic carbocycles. The van der Waals surface area contributed by atoms with Crippen molar-refractivity contribution in [3.63, 3.8) is 0 Å². The lowest BCUT2D eigenvalue weighted by Crippen LogP contribution is -2.11. The molecule has 0 aromatic heterocycles. The topological polar surface area (TPSA) is 58.6 Å². The van der Waals surface area contributed by atoms with Gasteiger partial charge in [0.05, 0.1) is 17.9 Å². The summed E-state index contributed by atoms with van der Waals surface area (Å²) in [6.07, 6.45) is 0.759. The van der Waals surface area contributed by atoms with Gasteiger partial charge in [-0.25, -0.2) is 4.79 Å². The molecule has 122 valence electrons. The maximum atomic E-state index is 11.2. The van der Waals surface area contributed by atoms with Gasteiger partial charge in [-0.1, -0.05) is 23.7 Å². The maximum absolute atomic E-state index is 11.2. The molecule has 4 nitrogen and oxygen atoms in total. The third kappa shape index (κ3) is 4.63. The molecule has 0 saturated carbocycles. The van der Waals surface area contributed by atoms with Crippen LogP contribution in [0.5, 0.6) is 5.75 Å². The molecule has 0 unspecified atom stereocenters. The number of hydrogen-bond donors (Lipinski definition) is 2. The minimum atomic E-state index is -0.927. The number of carboxylic acids is 1. The first kappa shape index (κ1) is 17.2. The lowest BCUT2D eigenvalue weighted by molar-refractivity contribution is 0.0698. The monoisotopic (exact) mass is 333 g/mol. The van der Waals surface area contributed by atoms with Gasteiger partial charge in [0.1, 0.15) is 5.75 Å². The first-order valence-electron chi connectivity index (χ1n) is 7.45. The van der Waals surface area contributed by atoms with Gasteiger partial charge in [0.25, 0.3) is 0 Å². The van der Waals surface area contributed by atoms with Gasteiger partial charge < -0.3 is 15.2 Å². The van der Waals surface area contributed by atoms with Crippen LogP contribution in [0.4, 0.5) is 5.69 Å². The molecule has 0 aliphatic heterocycles. The molecule has 0 aliphatic rings. The van der Waals surface area contributed by atoms with Crippen LogP contribution in [0.25, 0.3) is 0 Å². The Morgan fingerprint density at radius 1 is 1.22 bits per heavy atom. The molecule has 0 radical (unpaired) electrons. The van der Waals surface area contributed by atoms with Gasteiger partial charge in [-0.05, 0) is 55.7 Å². The van der Waals surface area contributed by atoms with E-state index in [1.807, 2.05) is 38.1 Å². The number of carboxylic acid groups (broad SMARTS) is 1. The second kappa shape index (κ2) is 7.88. The largest absolute Gasteiger partial charge is 0.494 e. The average Bonchev–Trinajstić information content (AvgIpc) is 2.51. The van der Waals surface area contributed by atoms with Crippen molar-refractivity contribution in [2.24, 2.45) is 0 Å². The van der Waals surface area contributed by atoms with Crippen molar-refractivity contribution < 1.29 is 14.6 Å². The van der Waals surface area contributed by atoms with Crippen molar-refractivity contribution in [2.75, 3.05) is 18.5 Å². The Morgan fingerprint density at radius 2 is 2.00 bits per heavy atom. The average molecular weight is 334 g/mol. The molecule has 2 N–H and O–H groups in total. The lowest BCUT2D eigenvalue weighted by Gasteiger charge is -2.13. The molecular formula is C18H20ClNO3. The van der Waals surface area contributed by atoms with Crippen LogP contribution in [0.15, 0.2) is 36.4 Å². The number of aromatic carboxylic acids is 1. The Morgan fingerprint density at radius 3 is 2.70 bits per heavy atom. The van der Waals surface area contributed by atoms with E-state index >= 15 is 0 Å². The molecule has 2 aromatic rings. The SMILES string of the molecule is Cc1cc(OCCCNc2c(C)cccc2C(=O)O)ccc1Cl. The molecule has 23 heavy (non-hydrogen) atoms.